The molecule has 0 unspecified atom stereocenters. The van der Waals surface area contributed by atoms with Crippen LogP contribution in [0.3, 0.4) is 0 Å². The highest BCUT2D eigenvalue weighted by atomic mass is 16.5. The maximum Gasteiger partial charge on any atom is 0.361 e. The van der Waals surface area contributed by atoms with E-state index in [1.54, 1.807) is 6.92 Å². The average Bonchev–Trinajstić information content (AvgIpc) is 2.73. The SMILES string of the molecule is CCOC(=O)c1noc2nc(CC)[nH]c(=O)c12. The van der Waals surface area contributed by atoms with Gasteiger partial charge in [0, 0.05) is 6.42 Å². The van der Waals surface area contributed by atoms with E-state index in [0.29, 0.717) is 12.2 Å². The number of fused-ring (bicyclic) bond motifs is 1. The molecular weight excluding hydrogens is 226 g/mol. The molecule has 0 fully saturated rings. The molecule has 7 heteroatoms. The molecule has 7 nitrogen and oxygen atoms in total. The van der Waals surface area contributed by atoms with Crippen LogP contribution in [-0.2, 0) is 11.2 Å². The zero-order chi connectivity index (χ0) is 12.4. The van der Waals surface area contributed by atoms with Gasteiger partial charge in [0.05, 0.1) is 6.61 Å². The zero-order valence-corrected chi connectivity index (χ0v) is 9.44. The number of carbonyl (C=O) groups excluding carboxylic acids is 1. The number of hydrogen-bond donors (Lipinski definition) is 1. The van der Waals surface area contributed by atoms with Crippen LogP contribution in [0, 0.1) is 0 Å². The maximum absolute atomic E-state index is 11.7. The van der Waals surface area contributed by atoms with Crippen molar-refractivity contribution in [2.45, 2.75) is 20.3 Å². The van der Waals surface area contributed by atoms with Gasteiger partial charge >= 0.3 is 5.97 Å². The third-order valence-electron chi connectivity index (χ3n) is 2.20. The van der Waals surface area contributed by atoms with Crippen LogP contribution in [0.5, 0.6) is 0 Å². The van der Waals surface area contributed by atoms with E-state index in [2.05, 4.69) is 15.1 Å². The second-order valence-corrected chi connectivity index (χ2v) is 3.30. The van der Waals surface area contributed by atoms with E-state index in [-0.39, 0.29) is 23.4 Å². The summed E-state index contributed by atoms with van der Waals surface area (Å²) in [5.74, 6) is -0.211. The molecule has 0 saturated carbocycles. The number of esters is 1. The Morgan fingerprint density at radius 1 is 1.47 bits per heavy atom. The maximum atomic E-state index is 11.7. The number of nitrogens with one attached hydrogen (secondary N) is 1. The molecule has 1 N–H and O–H groups in total. The van der Waals surface area contributed by atoms with E-state index >= 15 is 0 Å². The van der Waals surface area contributed by atoms with E-state index in [9.17, 15) is 9.59 Å². The molecule has 0 aliphatic rings. The average molecular weight is 237 g/mol. The Labute approximate surface area is 95.8 Å². The van der Waals surface area contributed by atoms with Gasteiger partial charge < -0.3 is 14.2 Å². The van der Waals surface area contributed by atoms with E-state index in [1.165, 1.54) is 0 Å². The summed E-state index contributed by atoms with van der Waals surface area (Å²) in [6.07, 6.45) is 0.556. The molecule has 90 valence electrons. The third-order valence-corrected chi connectivity index (χ3v) is 2.20. The molecule has 2 aromatic heterocycles. The van der Waals surface area contributed by atoms with Gasteiger partial charge in [0.15, 0.2) is 0 Å². The minimum Gasteiger partial charge on any atom is -0.461 e. The first kappa shape index (κ1) is 11.3. The van der Waals surface area contributed by atoms with Gasteiger partial charge in [0.1, 0.15) is 11.2 Å². The molecule has 2 aromatic rings. The lowest BCUT2D eigenvalue weighted by Crippen LogP contribution is -2.14. The van der Waals surface area contributed by atoms with Crippen molar-refractivity contribution in [1.29, 1.82) is 0 Å². The molecule has 0 radical (unpaired) electrons. The van der Waals surface area contributed by atoms with Gasteiger partial charge in [-0.15, -0.1) is 0 Å². The first-order chi connectivity index (χ1) is 8.17. The number of ether oxygens (including phenoxy) is 1. The zero-order valence-electron chi connectivity index (χ0n) is 9.44. The van der Waals surface area contributed by atoms with Gasteiger partial charge in [0.2, 0.25) is 5.69 Å². The molecule has 17 heavy (non-hydrogen) atoms. The third kappa shape index (κ3) is 1.91. The number of aryl methyl sites for hydroxylation is 1. The van der Waals surface area contributed by atoms with Crippen LogP contribution in [0.1, 0.15) is 30.2 Å². The smallest absolute Gasteiger partial charge is 0.361 e. The Morgan fingerprint density at radius 3 is 2.88 bits per heavy atom. The van der Waals surface area contributed by atoms with Crippen molar-refractivity contribution in [3.8, 4) is 0 Å². The van der Waals surface area contributed by atoms with Gasteiger partial charge in [-0.25, -0.2) is 4.79 Å². The van der Waals surface area contributed by atoms with Crippen molar-refractivity contribution >= 4 is 17.1 Å². The van der Waals surface area contributed by atoms with Gasteiger partial charge in [-0.3, -0.25) is 4.79 Å². The minimum absolute atomic E-state index is 0.0284. The van der Waals surface area contributed by atoms with Gasteiger partial charge in [0.25, 0.3) is 11.3 Å². The first-order valence-corrected chi connectivity index (χ1v) is 5.23. The molecule has 0 aliphatic heterocycles. The Balaban J connectivity index is 2.61. The molecule has 0 aliphatic carbocycles. The Kier molecular flexibility index (Phi) is 2.90. The predicted molar refractivity (Wildman–Crippen MR) is 57.8 cm³/mol. The summed E-state index contributed by atoms with van der Waals surface area (Å²) in [6.45, 7) is 3.70. The van der Waals surface area contributed by atoms with Crippen molar-refractivity contribution in [2.75, 3.05) is 6.61 Å². The van der Waals surface area contributed by atoms with Crippen LogP contribution in [-0.4, -0.2) is 27.7 Å². The van der Waals surface area contributed by atoms with E-state index in [0.717, 1.165) is 0 Å². The molecule has 0 saturated heterocycles. The Morgan fingerprint density at radius 2 is 2.24 bits per heavy atom. The van der Waals surface area contributed by atoms with Gasteiger partial charge in [-0.05, 0) is 6.92 Å². The number of nitrogens with zero attached hydrogens (tertiary/aromatic N) is 2. The number of rotatable bonds is 3. The molecule has 0 atom stereocenters. The lowest BCUT2D eigenvalue weighted by Gasteiger charge is -1.97. The Hall–Kier alpha value is -2.18. The predicted octanol–water partition coefficient (Wildman–Crippen LogP) is 0.650. The summed E-state index contributed by atoms with van der Waals surface area (Å²) in [5.41, 5.74) is -0.539. The number of aromatic nitrogens is 3. The number of hydrogen-bond acceptors (Lipinski definition) is 6. The normalized spacial score (nSPS) is 10.7. The van der Waals surface area contributed by atoms with Crippen molar-refractivity contribution in [3.05, 3.63) is 21.9 Å². The van der Waals surface area contributed by atoms with Crippen LogP contribution < -0.4 is 5.56 Å². The van der Waals surface area contributed by atoms with Crippen LogP contribution in [0.2, 0.25) is 0 Å². The van der Waals surface area contributed by atoms with Crippen molar-refractivity contribution in [3.63, 3.8) is 0 Å². The lowest BCUT2D eigenvalue weighted by atomic mass is 10.3. The molecule has 2 rings (SSSR count). The fraction of sp³-hybridized carbons (Fsp3) is 0.400. The summed E-state index contributed by atoms with van der Waals surface area (Å²) >= 11 is 0. The molecule has 0 aromatic carbocycles. The monoisotopic (exact) mass is 237 g/mol. The standard InChI is InChI=1S/C10H11N3O4/c1-3-5-11-8(14)6-7(10(15)16-4-2)13-17-9(6)12-5/h3-4H2,1-2H3,(H,11,12,14). The summed E-state index contributed by atoms with van der Waals surface area (Å²) < 4.78 is 9.62. The Bertz CT molecular complexity index is 614. The fourth-order valence-corrected chi connectivity index (χ4v) is 1.41. The van der Waals surface area contributed by atoms with Crippen LogP contribution >= 0.6 is 0 Å². The summed E-state index contributed by atoms with van der Waals surface area (Å²) in [7, 11) is 0. The number of aromatic amines is 1. The number of carbonyl (C=O) groups is 1. The quantitative estimate of drug-likeness (QED) is 0.787. The highest BCUT2D eigenvalue weighted by Gasteiger charge is 2.21. The molecule has 0 spiro atoms. The van der Waals surface area contributed by atoms with E-state index in [1.807, 2.05) is 6.92 Å². The fourth-order valence-electron chi connectivity index (χ4n) is 1.41. The second-order valence-electron chi connectivity index (χ2n) is 3.30. The summed E-state index contributed by atoms with van der Waals surface area (Å²) in [6, 6.07) is 0. The summed E-state index contributed by atoms with van der Waals surface area (Å²) in [5, 5.41) is 3.55. The molecule has 0 bridgehead atoms. The number of H-pyrrole nitrogens is 1. The minimum atomic E-state index is -0.692. The largest absolute Gasteiger partial charge is 0.461 e. The lowest BCUT2D eigenvalue weighted by molar-refractivity contribution is 0.0517. The van der Waals surface area contributed by atoms with Gasteiger partial charge in [-0.1, -0.05) is 12.1 Å². The highest BCUT2D eigenvalue weighted by molar-refractivity contribution is 5.99. The van der Waals surface area contributed by atoms with E-state index < -0.39 is 11.5 Å². The van der Waals surface area contributed by atoms with Crippen LogP contribution in [0.4, 0.5) is 0 Å². The molecule has 2 heterocycles. The first-order valence-electron chi connectivity index (χ1n) is 5.23. The summed E-state index contributed by atoms with van der Waals surface area (Å²) in [4.78, 5) is 29.8. The van der Waals surface area contributed by atoms with Crippen LogP contribution in [0.15, 0.2) is 9.32 Å². The topological polar surface area (TPSA) is 98.1 Å². The van der Waals surface area contributed by atoms with Crippen LogP contribution in [0.25, 0.3) is 11.1 Å². The van der Waals surface area contributed by atoms with E-state index in [4.69, 9.17) is 9.26 Å². The van der Waals surface area contributed by atoms with Crippen molar-refractivity contribution in [2.24, 2.45) is 0 Å². The van der Waals surface area contributed by atoms with Gasteiger partial charge in [-0.2, -0.15) is 4.98 Å². The van der Waals surface area contributed by atoms with Crippen molar-refractivity contribution < 1.29 is 14.1 Å². The highest BCUT2D eigenvalue weighted by Crippen LogP contribution is 2.13. The molecule has 0 amide bonds. The van der Waals surface area contributed by atoms with Crippen molar-refractivity contribution in [1.82, 2.24) is 15.1 Å². The second kappa shape index (κ2) is 4.36. The molecular formula is C10H11N3O4.